The third-order valence-electron chi connectivity index (χ3n) is 2.02. The van der Waals surface area contributed by atoms with Gasteiger partial charge in [-0.25, -0.2) is 4.79 Å². The van der Waals surface area contributed by atoms with Crippen LogP contribution in [-0.2, 0) is 14.3 Å². The minimum atomic E-state index is -0.337. The van der Waals surface area contributed by atoms with E-state index in [1.165, 1.54) is 0 Å². The molecule has 6 nitrogen and oxygen atoms in total. The van der Waals surface area contributed by atoms with Crippen LogP contribution in [0.5, 0.6) is 0 Å². The zero-order valence-corrected chi connectivity index (χ0v) is 11.3. The fraction of sp³-hybridized carbons (Fsp3) is 0.750. The Labute approximate surface area is 109 Å². The molecule has 1 fully saturated rings. The van der Waals surface area contributed by atoms with Crippen LogP contribution in [0.25, 0.3) is 0 Å². The van der Waals surface area contributed by atoms with Crippen molar-refractivity contribution >= 4 is 5.97 Å². The van der Waals surface area contributed by atoms with Gasteiger partial charge in [-0.05, 0) is 14.0 Å². The molecule has 0 bridgehead atoms. The second kappa shape index (κ2) is 11.2. The molecule has 0 aromatic carbocycles. The first kappa shape index (κ1) is 17.1. The molecule has 18 heavy (non-hydrogen) atoms. The summed E-state index contributed by atoms with van der Waals surface area (Å²) < 4.78 is 9.60. The number of epoxide rings is 1. The summed E-state index contributed by atoms with van der Waals surface area (Å²) in [5, 5.41) is 6.17. The minimum absolute atomic E-state index is 0.142. The van der Waals surface area contributed by atoms with Crippen LogP contribution in [0.3, 0.4) is 0 Å². The van der Waals surface area contributed by atoms with Crippen LogP contribution in [0.15, 0.2) is 12.2 Å². The van der Waals surface area contributed by atoms with Crippen LogP contribution in [0.4, 0.5) is 0 Å². The van der Waals surface area contributed by atoms with E-state index in [1.54, 1.807) is 6.92 Å². The van der Waals surface area contributed by atoms with E-state index in [2.05, 4.69) is 17.2 Å². The van der Waals surface area contributed by atoms with Crippen LogP contribution >= 0.6 is 0 Å². The summed E-state index contributed by atoms with van der Waals surface area (Å²) in [5.41, 5.74) is 5.66. The van der Waals surface area contributed by atoms with Crippen molar-refractivity contribution in [3.63, 3.8) is 0 Å². The zero-order valence-electron chi connectivity index (χ0n) is 11.3. The van der Waals surface area contributed by atoms with E-state index in [0.717, 1.165) is 26.2 Å². The van der Waals surface area contributed by atoms with Crippen LogP contribution in [0.1, 0.15) is 6.92 Å². The summed E-state index contributed by atoms with van der Waals surface area (Å²) in [5.74, 6) is -0.337. The van der Waals surface area contributed by atoms with Gasteiger partial charge < -0.3 is 25.8 Å². The van der Waals surface area contributed by atoms with Crippen LogP contribution in [0.2, 0.25) is 0 Å². The Kier molecular flexibility index (Phi) is 10.6. The van der Waals surface area contributed by atoms with Gasteiger partial charge in [0.25, 0.3) is 0 Å². The van der Waals surface area contributed by atoms with Crippen molar-refractivity contribution in [2.75, 3.05) is 46.4 Å². The van der Waals surface area contributed by atoms with E-state index in [4.69, 9.17) is 15.2 Å². The van der Waals surface area contributed by atoms with Crippen molar-refractivity contribution in [1.82, 2.24) is 10.6 Å². The lowest BCUT2D eigenvalue weighted by molar-refractivity contribution is -0.139. The summed E-state index contributed by atoms with van der Waals surface area (Å²) in [6, 6.07) is 0. The van der Waals surface area contributed by atoms with Gasteiger partial charge in [0.15, 0.2) is 0 Å². The first-order valence-corrected chi connectivity index (χ1v) is 6.11. The molecular formula is C12H25N3O3. The first-order valence-electron chi connectivity index (χ1n) is 6.11. The minimum Gasteiger partial charge on any atom is -0.459 e. The van der Waals surface area contributed by atoms with Crippen LogP contribution in [0, 0.1) is 0 Å². The predicted octanol–water partition coefficient (Wildman–Crippen LogP) is -0.741. The van der Waals surface area contributed by atoms with Crippen molar-refractivity contribution in [3.8, 4) is 0 Å². The van der Waals surface area contributed by atoms with Gasteiger partial charge in [0, 0.05) is 31.8 Å². The highest BCUT2D eigenvalue weighted by atomic mass is 16.6. The number of carbonyl (C=O) groups is 1. The molecule has 0 aromatic heterocycles. The molecule has 0 spiro atoms. The average Bonchev–Trinajstić information content (AvgIpc) is 3.16. The summed E-state index contributed by atoms with van der Waals surface area (Å²) in [6.45, 7) is 9.80. The van der Waals surface area contributed by atoms with Crippen molar-refractivity contribution in [3.05, 3.63) is 12.2 Å². The fourth-order valence-electron chi connectivity index (χ4n) is 0.897. The highest BCUT2D eigenvalue weighted by Gasteiger charge is 2.24. The van der Waals surface area contributed by atoms with E-state index < -0.39 is 0 Å². The Hall–Kier alpha value is -0.950. The van der Waals surface area contributed by atoms with Gasteiger partial charge in [-0.2, -0.15) is 0 Å². The van der Waals surface area contributed by atoms with Crippen molar-refractivity contribution in [1.29, 1.82) is 0 Å². The van der Waals surface area contributed by atoms with E-state index >= 15 is 0 Å². The molecule has 1 saturated heterocycles. The van der Waals surface area contributed by atoms with Gasteiger partial charge >= 0.3 is 5.97 Å². The number of rotatable bonds is 8. The largest absolute Gasteiger partial charge is 0.459 e. The fourth-order valence-corrected chi connectivity index (χ4v) is 0.897. The quantitative estimate of drug-likeness (QED) is 0.230. The number of carbonyl (C=O) groups excluding carboxylic acids is 1. The van der Waals surface area contributed by atoms with Gasteiger partial charge in [0.05, 0.1) is 6.61 Å². The third-order valence-corrected chi connectivity index (χ3v) is 2.02. The Morgan fingerprint density at radius 2 is 2.17 bits per heavy atom. The third kappa shape index (κ3) is 11.5. The van der Waals surface area contributed by atoms with E-state index in [0.29, 0.717) is 18.8 Å². The molecule has 1 heterocycles. The number of ether oxygens (including phenoxy) is 2. The Morgan fingerprint density at radius 3 is 2.61 bits per heavy atom. The monoisotopic (exact) mass is 259 g/mol. The summed E-state index contributed by atoms with van der Waals surface area (Å²) >= 11 is 0. The Morgan fingerprint density at radius 1 is 1.50 bits per heavy atom. The zero-order chi connectivity index (χ0) is 13.8. The molecule has 1 aliphatic rings. The molecule has 0 amide bonds. The number of esters is 1. The maximum Gasteiger partial charge on any atom is 0.333 e. The molecule has 0 aliphatic carbocycles. The van der Waals surface area contributed by atoms with Crippen molar-refractivity contribution < 1.29 is 14.3 Å². The number of hydrogen-bond donors (Lipinski definition) is 3. The number of nitrogens with two attached hydrogens (primary N) is 1. The van der Waals surface area contributed by atoms with Gasteiger partial charge in [0.1, 0.15) is 12.7 Å². The van der Waals surface area contributed by atoms with E-state index in [9.17, 15) is 4.79 Å². The molecule has 106 valence electrons. The van der Waals surface area contributed by atoms with Gasteiger partial charge in [-0.15, -0.1) is 0 Å². The highest BCUT2D eigenvalue weighted by molar-refractivity contribution is 5.86. The first-order chi connectivity index (χ1) is 8.61. The lowest BCUT2D eigenvalue weighted by atomic mass is 10.4. The second-order valence-electron chi connectivity index (χ2n) is 3.98. The van der Waals surface area contributed by atoms with Gasteiger partial charge in [0.2, 0.25) is 0 Å². The van der Waals surface area contributed by atoms with Crippen LogP contribution < -0.4 is 16.4 Å². The molecule has 1 unspecified atom stereocenters. The lowest BCUT2D eigenvalue weighted by Crippen LogP contribution is -2.29. The predicted molar refractivity (Wildman–Crippen MR) is 71.4 cm³/mol. The maximum absolute atomic E-state index is 10.7. The van der Waals surface area contributed by atoms with Crippen molar-refractivity contribution in [2.24, 2.45) is 5.73 Å². The number of hydrogen-bond acceptors (Lipinski definition) is 6. The smallest absolute Gasteiger partial charge is 0.333 e. The molecule has 1 atom stereocenters. The maximum atomic E-state index is 10.7. The average molecular weight is 259 g/mol. The Bertz CT molecular complexity index is 237. The SMILES string of the molecule is C=C(C)C(=O)OCC1CO1.CNCCNCCN. The summed E-state index contributed by atoms with van der Waals surface area (Å²) in [6.07, 6.45) is 0.142. The van der Waals surface area contributed by atoms with E-state index in [-0.39, 0.29) is 12.1 Å². The summed E-state index contributed by atoms with van der Waals surface area (Å²) in [7, 11) is 1.93. The second-order valence-corrected chi connectivity index (χ2v) is 3.98. The van der Waals surface area contributed by atoms with E-state index in [1.807, 2.05) is 7.05 Å². The number of likely N-dealkylation sites (N-methyl/N-ethyl adjacent to an activating group) is 1. The molecule has 0 aromatic rings. The molecule has 4 N–H and O–H groups in total. The number of nitrogens with one attached hydrogen (secondary N) is 2. The standard InChI is InChI=1S/C7H10O3.C5H15N3/c1-5(2)7(8)10-4-6-3-9-6;1-7-4-5-8-3-2-6/h6H,1,3-4H2,2H3;7-8H,2-6H2,1H3. The van der Waals surface area contributed by atoms with Crippen LogP contribution in [-0.4, -0.2) is 58.5 Å². The lowest BCUT2D eigenvalue weighted by Gasteiger charge is -1.99. The van der Waals surface area contributed by atoms with Gasteiger partial charge in [-0.1, -0.05) is 6.58 Å². The molecular weight excluding hydrogens is 234 g/mol. The molecule has 6 heteroatoms. The molecule has 1 rings (SSSR count). The molecule has 0 saturated carbocycles. The Balaban J connectivity index is 0.000000331. The van der Waals surface area contributed by atoms with Gasteiger partial charge in [-0.3, -0.25) is 0 Å². The normalized spacial score (nSPS) is 16.5. The molecule has 1 aliphatic heterocycles. The molecule has 0 radical (unpaired) electrons. The summed E-state index contributed by atoms with van der Waals surface area (Å²) in [4.78, 5) is 10.7. The topological polar surface area (TPSA) is 88.9 Å². The highest BCUT2D eigenvalue weighted by Crippen LogP contribution is 2.09. The van der Waals surface area contributed by atoms with Crippen molar-refractivity contribution in [2.45, 2.75) is 13.0 Å².